The molecule has 3 aromatic heterocycles. The van der Waals surface area contributed by atoms with Gasteiger partial charge in [0.15, 0.2) is 5.56 Å². The summed E-state index contributed by atoms with van der Waals surface area (Å²) in [5.41, 5.74) is 1.47. The molecule has 0 bridgehead atoms. The number of fused-ring (bicyclic) bond motifs is 1. The van der Waals surface area contributed by atoms with E-state index in [2.05, 4.69) is 4.98 Å². The van der Waals surface area contributed by atoms with E-state index in [0.717, 1.165) is 32.2 Å². The van der Waals surface area contributed by atoms with Crippen LogP contribution in [0.3, 0.4) is 0 Å². The molecule has 4 rings (SSSR count). The van der Waals surface area contributed by atoms with Gasteiger partial charge in [-0.2, -0.15) is 5.26 Å². The zero-order valence-electron chi connectivity index (χ0n) is 13.6. The molecular weight excluding hydrogens is 404 g/mol. The summed E-state index contributed by atoms with van der Waals surface area (Å²) in [5, 5.41) is 29.1. The number of aromatic hydroxyl groups is 1. The smallest absolute Gasteiger partial charge is 0.270 e. The molecule has 0 spiro atoms. The lowest BCUT2D eigenvalue weighted by Gasteiger charge is -2.02. The van der Waals surface area contributed by atoms with Crippen LogP contribution >= 0.6 is 34.3 Å². The van der Waals surface area contributed by atoms with E-state index in [9.17, 15) is 9.90 Å². The summed E-state index contributed by atoms with van der Waals surface area (Å²) in [5.74, 6) is -0.350. The maximum atomic E-state index is 11.9. The number of pyridine rings is 1. The number of hydrogen-bond donors (Lipinski definition) is 3. The van der Waals surface area contributed by atoms with Crippen molar-refractivity contribution in [1.82, 2.24) is 4.98 Å². The van der Waals surface area contributed by atoms with Crippen molar-refractivity contribution in [2.45, 2.75) is 6.61 Å². The Labute approximate surface area is 166 Å². The molecule has 4 aromatic rings. The van der Waals surface area contributed by atoms with E-state index in [1.54, 1.807) is 6.07 Å². The molecule has 0 atom stereocenters. The molecule has 0 radical (unpaired) electrons. The van der Waals surface area contributed by atoms with Crippen molar-refractivity contribution in [1.29, 1.82) is 5.26 Å². The number of hydrogen-bond acceptors (Lipinski definition) is 6. The number of thiophene rings is 2. The van der Waals surface area contributed by atoms with Gasteiger partial charge in [0, 0.05) is 15.3 Å². The van der Waals surface area contributed by atoms with Gasteiger partial charge in [0.2, 0.25) is 0 Å². The van der Waals surface area contributed by atoms with Crippen LogP contribution in [0.25, 0.3) is 31.1 Å². The molecule has 0 aliphatic heterocycles. The van der Waals surface area contributed by atoms with Crippen LogP contribution in [0.5, 0.6) is 5.75 Å². The molecule has 0 aliphatic carbocycles. The number of halogens is 1. The Morgan fingerprint density at radius 3 is 2.48 bits per heavy atom. The first-order chi connectivity index (χ1) is 13.0. The van der Waals surface area contributed by atoms with Gasteiger partial charge in [-0.3, -0.25) is 4.79 Å². The van der Waals surface area contributed by atoms with E-state index < -0.39 is 5.56 Å². The summed E-state index contributed by atoms with van der Waals surface area (Å²) in [6, 6.07) is 13.1. The SMILES string of the molecule is N#Cc1c(O)c2c(-c3ccc(-c4ccc(CO)cc4)s3)c(Cl)sc2[nH]c1=O. The van der Waals surface area contributed by atoms with Gasteiger partial charge in [-0.1, -0.05) is 35.9 Å². The average Bonchev–Trinajstić information content (AvgIpc) is 3.26. The highest BCUT2D eigenvalue weighted by atomic mass is 35.5. The van der Waals surface area contributed by atoms with Crippen LogP contribution in [-0.4, -0.2) is 15.2 Å². The van der Waals surface area contributed by atoms with Crippen molar-refractivity contribution in [2.75, 3.05) is 0 Å². The van der Waals surface area contributed by atoms with Crippen molar-refractivity contribution in [2.24, 2.45) is 0 Å². The number of aromatic amines is 1. The molecule has 3 N–H and O–H groups in total. The van der Waals surface area contributed by atoms with Gasteiger partial charge in [-0.15, -0.1) is 22.7 Å². The fourth-order valence-electron chi connectivity index (χ4n) is 2.84. The minimum Gasteiger partial charge on any atom is -0.506 e. The molecule has 3 heterocycles. The largest absolute Gasteiger partial charge is 0.506 e. The highest BCUT2D eigenvalue weighted by Crippen LogP contribution is 2.48. The molecule has 0 fully saturated rings. The van der Waals surface area contributed by atoms with Gasteiger partial charge in [-0.25, -0.2) is 0 Å². The fourth-order valence-corrected chi connectivity index (χ4v) is 5.40. The third-order valence-electron chi connectivity index (χ3n) is 4.18. The predicted octanol–water partition coefficient (Wildman–Crippen LogP) is 4.71. The van der Waals surface area contributed by atoms with Crippen LogP contribution < -0.4 is 5.56 Å². The predicted molar refractivity (Wildman–Crippen MR) is 109 cm³/mol. The number of aliphatic hydroxyl groups is 1. The third kappa shape index (κ3) is 2.93. The Balaban J connectivity index is 1.88. The van der Waals surface area contributed by atoms with E-state index >= 15 is 0 Å². The number of aliphatic hydroxyl groups excluding tert-OH is 1. The minimum absolute atomic E-state index is 0.00875. The summed E-state index contributed by atoms with van der Waals surface area (Å²) in [6.07, 6.45) is 0. The van der Waals surface area contributed by atoms with Crippen LogP contribution in [0.15, 0.2) is 41.2 Å². The topological polar surface area (TPSA) is 97.1 Å². The van der Waals surface area contributed by atoms with Crippen molar-refractivity contribution < 1.29 is 10.2 Å². The van der Waals surface area contributed by atoms with Gasteiger partial charge in [0.1, 0.15) is 21.0 Å². The first kappa shape index (κ1) is 17.8. The number of benzene rings is 1. The molecule has 0 aliphatic rings. The first-order valence-electron chi connectivity index (χ1n) is 7.81. The molecule has 134 valence electrons. The molecule has 0 saturated carbocycles. The first-order valence-corrected chi connectivity index (χ1v) is 9.82. The summed E-state index contributed by atoms with van der Waals surface area (Å²) in [7, 11) is 0. The third-order valence-corrected chi connectivity index (χ3v) is 6.64. The number of nitriles is 1. The Bertz CT molecular complexity index is 1260. The second kappa shape index (κ2) is 6.83. The minimum atomic E-state index is -0.636. The van der Waals surface area contributed by atoms with E-state index in [1.807, 2.05) is 36.4 Å². The van der Waals surface area contributed by atoms with Gasteiger partial charge in [0.25, 0.3) is 5.56 Å². The lowest BCUT2D eigenvalue weighted by atomic mass is 10.1. The van der Waals surface area contributed by atoms with E-state index in [1.165, 1.54) is 11.3 Å². The average molecular weight is 415 g/mol. The van der Waals surface area contributed by atoms with E-state index in [-0.39, 0.29) is 17.9 Å². The maximum Gasteiger partial charge on any atom is 0.270 e. The fraction of sp³-hybridized carbons (Fsp3) is 0.0526. The molecule has 1 aromatic carbocycles. The monoisotopic (exact) mass is 414 g/mol. The van der Waals surface area contributed by atoms with Crippen molar-refractivity contribution in [3.05, 3.63) is 62.2 Å². The summed E-state index contributed by atoms with van der Waals surface area (Å²) < 4.78 is 0.426. The van der Waals surface area contributed by atoms with Gasteiger partial charge in [-0.05, 0) is 23.3 Å². The van der Waals surface area contributed by atoms with Crippen LogP contribution in [-0.2, 0) is 6.61 Å². The normalized spacial score (nSPS) is 11.0. The Morgan fingerprint density at radius 2 is 1.81 bits per heavy atom. The molecular formula is C19H11ClN2O3S2. The van der Waals surface area contributed by atoms with E-state index in [4.69, 9.17) is 22.0 Å². The summed E-state index contributed by atoms with van der Waals surface area (Å²) in [4.78, 5) is 16.7. The number of rotatable bonds is 3. The van der Waals surface area contributed by atoms with Crippen molar-refractivity contribution in [3.63, 3.8) is 0 Å². The van der Waals surface area contributed by atoms with Crippen LogP contribution in [0.4, 0.5) is 0 Å². The lowest BCUT2D eigenvalue weighted by Crippen LogP contribution is -2.09. The van der Waals surface area contributed by atoms with Gasteiger partial charge in [0.05, 0.1) is 12.0 Å². The molecule has 0 saturated heterocycles. The van der Waals surface area contributed by atoms with Crippen molar-refractivity contribution in [3.8, 4) is 32.7 Å². The Kier molecular flexibility index (Phi) is 4.50. The number of H-pyrrole nitrogens is 1. The maximum absolute atomic E-state index is 11.9. The van der Waals surface area contributed by atoms with Crippen LogP contribution in [0.2, 0.25) is 4.34 Å². The second-order valence-electron chi connectivity index (χ2n) is 5.76. The lowest BCUT2D eigenvalue weighted by molar-refractivity contribution is 0.282. The summed E-state index contributed by atoms with van der Waals surface area (Å²) >= 11 is 9.03. The zero-order chi connectivity index (χ0) is 19.1. The molecule has 0 unspecified atom stereocenters. The molecule has 5 nitrogen and oxygen atoms in total. The van der Waals surface area contributed by atoms with Crippen molar-refractivity contribution >= 4 is 44.5 Å². The summed E-state index contributed by atoms with van der Waals surface area (Å²) in [6.45, 7) is -0.00875. The van der Waals surface area contributed by atoms with E-state index in [0.29, 0.717) is 20.1 Å². The molecule has 8 heteroatoms. The quantitative estimate of drug-likeness (QED) is 0.452. The molecule has 0 amide bonds. The number of nitrogens with zero attached hydrogens (tertiary/aromatic N) is 1. The standard InChI is InChI=1S/C19H11ClN2O3S2/c20-17-14(15-16(24)11(7-21)18(25)22-19(15)27-17)13-6-5-12(26-13)10-3-1-9(8-23)2-4-10/h1-6,23H,8H2,(H2,22,24,25). The zero-order valence-corrected chi connectivity index (χ0v) is 16.0. The Hall–Kier alpha value is -2.63. The van der Waals surface area contributed by atoms with Gasteiger partial charge >= 0.3 is 0 Å². The van der Waals surface area contributed by atoms with Crippen LogP contribution in [0.1, 0.15) is 11.1 Å². The number of nitrogens with one attached hydrogen (secondary N) is 1. The Morgan fingerprint density at radius 1 is 1.11 bits per heavy atom. The highest BCUT2D eigenvalue weighted by molar-refractivity contribution is 7.24. The molecule has 27 heavy (non-hydrogen) atoms. The van der Waals surface area contributed by atoms with Crippen LogP contribution in [0, 0.1) is 11.3 Å². The number of aromatic nitrogens is 1. The van der Waals surface area contributed by atoms with Gasteiger partial charge < -0.3 is 15.2 Å². The highest BCUT2D eigenvalue weighted by Gasteiger charge is 2.22. The second-order valence-corrected chi connectivity index (χ2v) is 8.47.